The summed E-state index contributed by atoms with van der Waals surface area (Å²) in [5.41, 5.74) is 0. The van der Waals surface area contributed by atoms with Crippen molar-refractivity contribution in [1.29, 1.82) is 0 Å². The maximum Gasteiger partial charge on any atom is 0.315 e. The van der Waals surface area contributed by atoms with Gasteiger partial charge in [0.2, 0.25) is 0 Å². The lowest BCUT2D eigenvalue weighted by Gasteiger charge is -1.99. The third-order valence-electron chi connectivity index (χ3n) is 1.86. The van der Waals surface area contributed by atoms with Crippen LogP contribution >= 0.6 is 0 Å². The molecule has 2 atom stereocenters. The largest absolute Gasteiger partial charge is 0.465 e. The molecule has 1 saturated heterocycles. The zero-order chi connectivity index (χ0) is 6.65. The van der Waals surface area contributed by atoms with Crippen molar-refractivity contribution >= 4 is 5.97 Å². The topological polar surface area (TPSA) is 26.3 Å². The molecule has 0 aromatic rings. The summed E-state index contributed by atoms with van der Waals surface area (Å²) in [6.45, 7) is -0.0868. The Morgan fingerprint density at radius 2 is 2.33 bits per heavy atom. The standard InChI is InChI=1S/C5H4F2O2/c6-5(7)2-1-9-4(8)3(2)5/h2-3H,1H2/t2-,3+/m0/s1. The van der Waals surface area contributed by atoms with E-state index < -0.39 is 23.7 Å². The molecule has 0 spiro atoms. The quantitative estimate of drug-likeness (QED) is 0.449. The number of rotatable bonds is 0. The van der Waals surface area contributed by atoms with Crippen molar-refractivity contribution in [3.63, 3.8) is 0 Å². The molecule has 2 fully saturated rings. The van der Waals surface area contributed by atoms with Gasteiger partial charge in [0.25, 0.3) is 5.92 Å². The van der Waals surface area contributed by atoms with Gasteiger partial charge in [0, 0.05) is 0 Å². The molecule has 0 unspecified atom stereocenters. The van der Waals surface area contributed by atoms with Gasteiger partial charge in [-0.15, -0.1) is 0 Å². The molecule has 1 aliphatic carbocycles. The maximum atomic E-state index is 12.2. The first-order chi connectivity index (χ1) is 4.14. The molecule has 0 bridgehead atoms. The number of fused-ring (bicyclic) bond motifs is 1. The fourth-order valence-corrected chi connectivity index (χ4v) is 1.18. The lowest BCUT2D eigenvalue weighted by molar-refractivity contribution is -0.146. The van der Waals surface area contributed by atoms with E-state index in [1.165, 1.54) is 0 Å². The van der Waals surface area contributed by atoms with E-state index in [-0.39, 0.29) is 6.61 Å². The van der Waals surface area contributed by atoms with Gasteiger partial charge < -0.3 is 4.74 Å². The van der Waals surface area contributed by atoms with E-state index in [9.17, 15) is 13.6 Å². The first-order valence-corrected chi connectivity index (χ1v) is 2.68. The normalized spacial score (nSPS) is 44.0. The predicted molar refractivity (Wildman–Crippen MR) is 22.9 cm³/mol. The van der Waals surface area contributed by atoms with Crippen LogP contribution in [-0.4, -0.2) is 18.5 Å². The smallest absolute Gasteiger partial charge is 0.315 e. The van der Waals surface area contributed by atoms with Crippen LogP contribution in [0.15, 0.2) is 0 Å². The third kappa shape index (κ3) is 0.418. The second-order valence-corrected chi connectivity index (χ2v) is 2.39. The molecule has 0 N–H and O–H groups in total. The summed E-state index contributed by atoms with van der Waals surface area (Å²) in [4.78, 5) is 10.3. The van der Waals surface area contributed by atoms with Crippen LogP contribution in [0.1, 0.15) is 0 Å². The van der Waals surface area contributed by atoms with Crippen LogP contribution in [-0.2, 0) is 9.53 Å². The molecule has 2 rings (SSSR count). The Morgan fingerprint density at radius 1 is 1.67 bits per heavy atom. The number of esters is 1. The fraction of sp³-hybridized carbons (Fsp3) is 0.800. The van der Waals surface area contributed by atoms with Crippen LogP contribution in [0.2, 0.25) is 0 Å². The average Bonchev–Trinajstić information content (AvgIpc) is 2.19. The number of alkyl halides is 2. The minimum atomic E-state index is -2.74. The summed E-state index contributed by atoms with van der Waals surface area (Å²) in [6, 6.07) is 0. The molecule has 0 aromatic carbocycles. The highest BCUT2D eigenvalue weighted by atomic mass is 19.3. The molecule has 1 heterocycles. The van der Waals surface area contributed by atoms with Crippen LogP contribution in [0.25, 0.3) is 0 Å². The fourth-order valence-electron chi connectivity index (χ4n) is 1.18. The van der Waals surface area contributed by atoms with Gasteiger partial charge in [0.15, 0.2) is 0 Å². The highest BCUT2D eigenvalue weighted by molar-refractivity contribution is 5.80. The van der Waals surface area contributed by atoms with Gasteiger partial charge in [-0.05, 0) is 0 Å². The predicted octanol–water partition coefficient (Wildman–Crippen LogP) is 0.425. The van der Waals surface area contributed by atoms with Gasteiger partial charge in [-0.1, -0.05) is 0 Å². The second-order valence-electron chi connectivity index (χ2n) is 2.39. The summed E-state index contributed by atoms with van der Waals surface area (Å²) in [6.07, 6.45) is 0. The monoisotopic (exact) mass is 134 g/mol. The van der Waals surface area contributed by atoms with E-state index >= 15 is 0 Å². The van der Waals surface area contributed by atoms with Crippen molar-refractivity contribution in [2.45, 2.75) is 5.92 Å². The lowest BCUT2D eigenvalue weighted by Crippen LogP contribution is -2.12. The minimum Gasteiger partial charge on any atom is -0.465 e. The van der Waals surface area contributed by atoms with Crippen LogP contribution in [0.3, 0.4) is 0 Å². The van der Waals surface area contributed by atoms with Crippen LogP contribution in [0, 0.1) is 11.8 Å². The van der Waals surface area contributed by atoms with E-state index in [1.54, 1.807) is 0 Å². The Balaban J connectivity index is 2.23. The molecule has 2 nitrogen and oxygen atoms in total. The average molecular weight is 134 g/mol. The molecular weight excluding hydrogens is 130 g/mol. The molecule has 0 amide bonds. The Labute approximate surface area is 49.8 Å². The first kappa shape index (κ1) is 5.14. The number of ether oxygens (including phenoxy) is 1. The molecule has 1 aliphatic heterocycles. The van der Waals surface area contributed by atoms with E-state index in [4.69, 9.17) is 0 Å². The van der Waals surface area contributed by atoms with Gasteiger partial charge in [-0.25, -0.2) is 8.78 Å². The van der Waals surface area contributed by atoms with Crippen molar-refractivity contribution in [3.05, 3.63) is 0 Å². The SMILES string of the molecule is O=C1OC[C@H]2[C@H]1C2(F)F. The molecule has 0 aromatic heterocycles. The van der Waals surface area contributed by atoms with Crippen molar-refractivity contribution in [2.75, 3.05) is 6.61 Å². The van der Waals surface area contributed by atoms with Gasteiger partial charge in [0.1, 0.15) is 12.5 Å². The number of carbonyl (C=O) groups is 1. The molecule has 4 heteroatoms. The van der Waals surface area contributed by atoms with E-state index in [0.29, 0.717) is 0 Å². The number of hydrogen-bond donors (Lipinski definition) is 0. The first-order valence-electron chi connectivity index (χ1n) is 2.68. The molecule has 9 heavy (non-hydrogen) atoms. The summed E-state index contributed by atoms with van der Waals surface area (Å²) >= 11 is 0. The van der Waals surface area contributed by atoms with E-state index in [1.807, 2.05) is 0 Å². The Hall–Kier alpha value is -0.670. The summed E-state index contributed by atoms with van der Waals surface area (Å²) in [7, 11) is 0. The summed E-state index contributed by atoms with van der Waals surface area (Å²) < 4.78 is 28.7. The number of hydrogen-bond acceptors (Lipinski definition) is 2. The lowest BCUT2D eigenvalue weighted by atomic mass is 10.4. The van der Waals surface area contributed by atoms with Gasteiger partial charge in [-0.2, -0.15) is 0 Å². The third-order valence-corrected chi connectivity index (χ3v) is 1.86. The van der Waals surface area contributed by atoms with E-state index in [0.717, 1.165) is 0 Å². The van der Waals surface area contributed by atoms with Crippen molar-refractivity contribution in [1.82, 2.24) is 0 Å². The zero-order valence-electron chi connectivity index (χ0n) is 4.43. The minimum absolute atomic E-state index is 0.0868. The van der Waals surface area contributed by atoms with Crippen LogP contribution in [0.5, 0.6) is 0 Å². The number of carbonyl (C=O) groups excluding carboxylic acids is 1. The van der Waals surface area contributed by atoms with Gasteiger partial charge >= 0.3 is 5.97 Å². The second kappa shape index (κ2) is 1.10. The van der Waals surface area contributed by atoms with Gasteiger partial charge in [0.05, 0.1) is 5.92 Å². The summed E-state index contributed by atoms with van der Waals surface area (Å²) in [5.74, 6) is -5.37. The Morgan fingerprint density at radius 3 is 2.56 bits per heavy atom. The summed E-state index contributed by atoms with van der Waals surface area (Å²) in [5, 5.41) is 0. The van der Waals surface area contributed by atoms with E-state index in [2.05, 4.69) is 4.74 Å². The molecule has 2 aliphatic rings. The van der Waals surface area contributed by atoms with Crippen LogP contribution < -0.4 is 0 Å². The van der Waals surface area contributed by atoms with Crippen LogP contribution in [0.4, 0.5) is 8.78 Å². The molecule has 50 valence electrons. The highest BCUT2D eigenvalue weighted by Crippen LogP contribution is 2.58. The Kier molecular flexibility index (Phi) is 0.629. The maximum absolute atomic E-state index is 12.2. The Bertz CT molecular complexity index is 178. The van der Waals surface area contributed by atoms with Gasteiger partial charge in [-0.3, -0.25) is 4.79 Å². The molecular formula is C5H4F2O2. The van der Waals surface area contributed by atoms with Crippen molar-refractivity contribution in [2.24, 2.45) is 11.8 Å². The molecule has 1 saturated carbocycles. The highest BCUT2D eigenvalue weighted by Gasteiger charge is 2.76. The zero-order valence-corrected chi connectivity index (χ0v) is 4.43. The number of cyclic esters (lactones) is 1. The number of halogens is 2. The molecule has 0 radical (unpaired) electrons. The van der Waals surface area contributed by atoms with Crippen molar-refractivity contribution in [3.8, 4) is 0 Å². The van der Waals surface area contributed by atoms with Crippen molar-refractivity contribution < 1.29 is 18.3 Å².